The fraction of sp³-hybridized carbons (Fsp3) is 0.368. The van der Waals surface area contributed by atoms with E-state index >= 15 is 0 Å². The average Bonchev–Trinajstić information content (AvgIpc) is 2.97. The molecule has 2 aromatic rings. The minimum Gasteiger partial charge on any atom is -0.497 e. The Bertz CT molecular complexity index is 800. The summed E-state index contributed by atoms with van der Waals surface area (Å²) < 4.78 is 10.8. The predicted octanol–water partition coefficient (Wildman–Crippen LogP) is 4.33. The van der Waals surface area contributed by atoms with Gasteiger partial charge in [0, 0.05) is 6.07 Å². The predicted molar refractivity (Wildman–Crippen MR) is 99.4 cm³/mol. The third-order valence-corrected chi connectivity index (χ3v) is 4.57. The van der Waals surface area contributed by atoms with Crippen LogP contribution in [0.2, 0.25) is 0 Å². The Hall–Kier alpha value is -2.52. The van der Waals surface area contributed by atoms with Crippen molar-refractivity contribution >= 4 is 22.2 Å². The van der Waals surface area contributed by atoms with Crippen LogP contribution in [0.15, 0.2) is 29.6 Å². The minimum atomic E-state index is -0.709. The zero-order valence-electron chi connectivity index (χ0n) is 15.0. The molecule has 1 N–H and O–H groups in total. The van der Waals surface area contributed by atoms with E-state index in [0.717, 1.165) is 5.56 Å². The van der Waals surface area contributed by atoms with Gasteiger partial charge in [0.2, 0.25) is 0 Å². The Kier molecular flexibility index (Phi) is 5.70. The van der Waals surface area contributed by atoms with Crippen molar-refractivity contribution in [3.05, 3.63) is 40.8 Å². The lowest BCUT2D eigenvalue weighted by Gasteiger charge is -2.18. The number of rotatable bonds is 5. The molecule has 1 aromatic heterocycles. The largest absolute Gasteiger partial charge is 0.497 e. The number of carbonyl (C=O) groups is 1. The van der Waals surface area contributed by atoms with Crippen LogP contribution in [0.3, 0.4) is 0 Å². The van der Waals surface area contributed by atoms with Crippen LogP contribution in [0.1, 0.15) is 38.8 Å². The van der Waals surface area contributed by atoms with Gasteiger partial charge >= 0.3 is 0 Å². The summed E-state index contributed by atoms with van der Waals surface area (Å²) in [5.41, 5.74) is 1.28. The first-order valence-corrected chi connectivity index (χ1v) is 8.78. The quantitative estimate of drug-likeness (QED) is 0.863. The van der Waals surface area contributed by atoms with Gasteiger partial charge in [-0.05, 0) is 35.4 Å². The molecule has 0 bridgehead atoms. The van der Waals surface area contributed by atoms with E-state index in [-0.39, 0.29) is 11.3 Å². The molecule has 0 spiro atoms. The second kappa shape index (κ2) is 7.58. The van der Waals surface area contributed by atoms with Gasteiger partial charge in [0.15, 0.2) is 6.10 Å². The van der Waals surface area contributed by atoms with Gasteiger partial charge in [-0.2, -0.15) is 5.26 Å². The van der Waals surface area contributed by atoms with Crippen LogP contribution in [0, 0.1) is 11.3 Å². The third kappa shape index (κ3) is 4.52. The van der Waals surface area contributed by atoms with E-state index in [4.69, 9.17) is 9.47 Å². The number of anilines is 1. The van der Waals surface area contributed by atoms with Crippen molar-refractivity contribution in [3.8, 4) is 17.6 Å². The van der Waals surface area contributed by atoms with E-state index in [0.29, 0.717) is 22.1 Å². The summed E-state index contributed by atoms with van der Waals surface area (Å²) in [5, 5.41) is 14.7. The molecule has 2 rings (SSSR count). The number of nitrogens with one attached hydrogen (secondary N) is 1. The van der Waals surface area contributed by atoms with Gasteiger partial charge in [0.1, 0.15) is 22.6 Å². The lowest BCUT2D eigenvalue weighted by atomic mass is 9.86. The van der Waals surface area contributed by atoms with E-state index in [1.165, 1.54) is 11.3 Å². The molecule has 0 radical (unpaired) electrons. The normalized spacial score (nSPS) is 12.2. The Balaban J connectivity index is 2.11. The summed E-state index contributed by atoms with van der Waals surface area (Å²) in [6.07, 6.45) is -0.709. The van der Waals surface area contributed by atoms with Gasteiger partial charge in [-0.3, -0.25) is 4.79 Å². The molecule has 1 aromatic carbocycles. The summed E-state index contributed by atoms with van der Waals surface area (Å²) >= 11 is 1.36. The zero-order valence-corrected chi connectivity index (χ0v) is 15.9. The lowest BCUT2D eigenvalue weighted by Crippen LogP contribution is -2.30. The summed E-state index contributed by atoms with van der Waals surface area (Å²) in [4.78, 5) is 12.4. The van der Waals surface area contributed by atoms with E-state index in [1.54, 1.807) is 38.3 Å². The van der Waals surface area contributed by atoms with E-state index in [2.05, 4.69) is 11.4 Å². The highest BCUT2D eigenvalue weighted by atomic mass is 32.1. The standard InChI is InChI=1S/C19H22N2O3S/c1-12(24-14-8-6-7-13(9-14)23-5)17(22)21-18-15(10-20)16(11-25-18)19(2,3)4/h6-9,11-12H,1-5H3,(H,21,22). The Morgan fingerprint density at radius 2 is 2.00 bits per heavy atom. The number of methoxy groups -OCH3 is 1. The van der Waals surface area contributed by atoms with E-state index in [9.17, 15) is 10.1 Å². The van der Waals surface area contributed by atoms with Crippen LogP contribution >= 0.6 is 11.3 Å². The molecule has 0 aliphatic heterocycles. The molecule has 1 amide bonds. The molecule has 1 heterocycles. The second-order valence-electron chi connectivity index (χ2n) is 6.64. The van der Waals surface area contributed by atoms with Crippen LogP contribution in [0.25, 0.3) is 0 Å². The smallest absolute Gasteiger partial charge is 0.265 e. The van der Waals surface area contributed by atoms with Crippen LogP contribution < -0.4 is 14.8 Å². The number of benzene rings is 1. The molecule has 1 atom stereocenters. The number of hydrogen-bond acceptors (Lipinski definition) is 5. The molecular weight excluding hydrogens is 336 g/mol. The fourth-order valence-electron chi connectivity index (χ4n) is 2.26. The molecule has 0 aliphatic carbocycles. The van der Waals surface area contributed by atoms with Crippen LogP contribution in [0.4, 0.5) is 5.00 Å². The van der Waals surface area contributed by atoms with Gasteiger partial charge < -0.3 is 14.8 Å². The third-order valence-electron chi connectivity index (χ3n) is 3.67. The molecular formula is C19H22N2O3S. The van der Waals surface area contributed by atoms with Crippen molar-refractivity contribution in [2.75, 3.05) is 12.4 Å². The van der Waals surface area contributed by atoms with Crippen LogP contribution in [0.5, 0.6) is 11.5 Å². The molecule has 1 unspecified atom stereocenters. The topological polar surface area (TPSA) is 71.3 Å². The van der Waals surface area contributed by atoms with Crippen molar-refractivity contribution < 1.29 is 14.3 Å². The van der Waals surface area contributed by atoms with Crippen molar-refractivity contribution in [2.24, 2.45) is 0 Å². The Labute approximate surface area is 152 Å². The van der Waals surface area contributed by atoms with Crippen molar-refractivity contribution in [1.82, 2.24) is 0 Å². The zero-order chi connectivity index (χ0) is 18.6. The second-order valence-corrected chi connectivity index (χ2v) is 7.52. The molecule has 25 heavy (non-hydrogen) atoms. The molecule has 6 heteroatoms. The lowest BCUT2D eigenvalue weighted by molar-refractivity contribution is -0.122. The molecule has 0 aliphatic rings. The monoisotopic (exact) mass is 358 g/mol. The maximum Gasteiger partial charge on any atom is 0.265 e. The summed E-state index contributed by atoms with van der Waals surface area (Å²) in [5.74, 6) is 0.899. The van der Waals surface area contributed by atoms with E-state index < -0.39 is 6.10 Å². The highest BCUT2D eigenvalue weighted by Gasteiger charge is 2.24. The number of hydrogen-bond donors (Lipinski definition) is 1. The van der Waals surface area contributed by atoms with Gasteiger partial charge in [-0.15, -0.1) is 11.3 Å². The highest BCUT2D eigenvalue weighted by molar-refractivity contribution is 7.14. The van der Waals surface area contributed by atoms with Crippen LogP contribution in [-0.2, 0) is 10.2 Å². The number of amides is 1. The molecule has 0 fully saturated rings. The van der Waals surface area contributed by atoms with Crippen LogP contribution in [-0.4, -0.2) is 19.1 Å². The number of nitriles is 1. The Morgan fingerprint density at radius 3 is 2.60 bits per heavy atom. The van der Waals surface area contributed by atoms with Gasteiger partial charge in [-0.1, -0.05) is 26.8 Å². The maximum absolute atomic E-state index is 12.4. The van der Waals surface area contributed by atoms with Crippen molar-refractivity contribution in [3.63, 3.8) is 0 Å². The number of ether oxygens (including phenoxy) is 2. The van der Waals surface area contributed by atoms with Gasteiger partial charge in [-0.25, -0.2) is 0 Å². The average molecular weight is 358 g/mol. The highest BCUT2D eigenvalue weighted by Crippen LogP contribution is 2.35. The van der Waals surface area contributed by atoms with Crippen molar-refractivity contribution in [2.45, 2.75) is 39.2 Å². The molecule has 0 saturated carbocycles. The first kappa shape index (κ1) is 18.8. The first-order chi connectivity index (χ1) is 11.8. The molecule has 132 valence electrons. The minimum absolute atomic E-state index is 0.159. The van der Waals surface area contributed by atoms with E-state index in [1.807, 2.05) is 26.2 Å². The molecule has 5 nitrogen and oxygen atoms in total. The summed E-state index contributed by atoms with van der Waals surface area (Å²) in [6.45, 7) is 7.78. The number of nitrogens with zero attached hydrogens (tertiary/aromatic N) is 1. The number of thiophene rings is 1. The number of carbonyl (C=O) groups excluding carboxylic acids is 1. The summed E-state index contributed by atoms with van der Waals surface area (Å²) in [6, 6.07) is 9.27. The first-order valence-electron chi connectivity index (χ1n) is 7.90. The fourth-order valence-corrected chi connectivity index (χ4v) is 3.40. The van der Waals surface area contributed by atoms with Crippen molar-refractivity contribution in [1.29, 1.82) is 5.26 Å². The summed E-state index contributed by atoms with van der Waals surface area (Å²) in [7, 11) is 1.57. The SMILES string of the molecule is COc1cccc(OC(C)C(=O)Nc2scc(C(C)(C)C)c2C#N)c1. The van der Waals surface area contributed by atoms with Gasteiger partial charge in [0.25, 0.3) is 5.91 Å². The molecule has 0 saturated heterocycles. The van der Waals surface area contributed by atoms with Gasteiger partial charge in [0.05, 0.1) is 12.7 Å². The Morgan fingerprint density at radius 1 is 1.32 bits per heavy atom. The maximum atomic E-state index is 12.4.